The van der Waals surface area contributed by atoms with E-state index >= 15 is 0 Å². The van der Waals surface area contributed by atoms with E-state index in [0.717, 1.165) is 16.7 Å². The van der Waals surface area contributed by atoms with Crippen LogP contribution in [-0.4, -0.2) is 0 Å². The van der Waals surface area contributed by atoms with Crippen molar-refractivity contribution >= 4 is 34.2 Å². The molecular formula is C24H18Cl2O3. The quantitative estimate of drug-likeness (QED) is 0.355. The van der Waals surface area contributed by atoms with Crippen LogP contribution in [0.1, 0.15) is 16.7 Å². The lowest BCUT2D eigenvalue weighted by atomic mass is 10.1. The van der Waals surface area contributed by atoms with Crippen LogP contribution in [0.4, 0.5) is 0 Å². The van der Waals surface area contributed by atoms with Gasteiger partial charge in [-0.3, -0.25) is 4.79 Å². The van der Waals surface area contributed by atoms with Crippen molar-refractivity contribution < 1.29 is 9.15 Å². The van der Waals surface area contributed by atoms with Gasteiger partial charge in [0.15, 0.2) is 5.76 Å². The van der Waals surface area contributed by atoms with Crippen LogP contribution in [0, 0.1) is 13.8 Å². The summed E-state index contributed by atoms with van der Waals surface area (Å²) in [5, 5.41) is 1.35. The van der Waals surface area contributed by atoms with Gasteiger partial charge < -0.3 is 9.15 Å². The van der Waals surface area contributed by atoms with Crippen LogP contribution in [-0.2, 0) is 6.61 Å². The van der Waals surface area contributed by atoms with Gasteiger partial charge in [-0.2, -0.15) is 0 Å². The van der Waals surface area contributed by atoms with Gasteiger partial charge in [-0.15, -0.1) is 0 Å². The Bertz CT molecular complexity index is 1280. The monoisotopic (exact) mass is 424 g/mol. The molecule has 5 heteroatoms. The standard InChI is InChI=1S/C24H18Cl2O3/c1-14-7-3-4-8-16(14)13-28-24-22(27)18-12-20(26)15(2)11-21(18)29-23(24)17-9-5-6-10-19(17)25/h3-12H,13H2,1-2H3. The summed E-state index contributed by atoms with van der Waals surface area (Å²) >= 11 is 12.6. The third-order valence-electron chi connectivity index (χ3n) is 4.88. The largest absolute Gasteiger partial charge is 0.481 e. The van der Waals surface area contributed by atoms with Crippen LogP contribution < -0.4 is 10.2 Å². The normalized spacial score (nSPS) is 11.0. The van der Waals surface area contributed by atoms with Crippen molar-refractivity contribution in [2.24, 2.45) is 0 Å². The summed E-state index contributed by atoms with van der Waals surface area (Å²) in [5.74, 6) is 0.428. The number of halogens is 2. The van der Waals surface area contributed by atoms with Crippen molar-refractivity contribution in [3.8, 4) is 17.1 Å². The van der Waals surface area contributed by atoms with E-state index in [4.69, 9.17) is 32.4 Å². The molecule has 0 atom stereocenters. The van der Waals surface area contributed by atoms with Crippen LogP contribution in [0.15, 0.2) is 69.9 Å². The van der Waals surface area contributed by atoms with Crippen LogP contribution in [0.5, 0.6) is 5.75 Å². The molecule has 4 aromatic rings. The maximum Gasteiger partial charge on any atom is 0.235 e. The molecular weight excluding hydrogens is 407 g/mol. The zero-order valence-electron chi connectivity index (χ0n) is 16.0. The lowest BCUT2D eigenvalue weighted by molar-refractivity contribution is 0.297. The molecule has 0 saturated heterocycles. The van der Waals surface area contributed by atoms with Gasteiger partial charge in [0.05, 0.1) is 10.4 Å². The third-order valence-corrected chi connectivity index (χ3v) is 5.62. The number of fused-ring (bicyclic) bond motifs is 1. The average Bonchev–Trinajstić information content (AvgIpc) is 2.70. The second kappa shape index (κ2) is 7.94. The fraction of sp³-hybridized carbons (Fsp3) is 0.125. The van der Waals surface area contributed by atoms with Gasteiger partial charge in [-0.25, -0.2) is 0 Å². The Morgan fingerprint density at radius 1 is 0.897 bits per heavy atom. The predicted octanol–water partition coefficient (Wildman–Crippen LogP) is 6.96. The van der Waals surface area contributed by atoms with Crippen LogP contribution >= 0.6 is 23.2 Å². The van der Waals surface area contributed by atoms with Gasteiger partial charge >= 0.3 is 0 Å². The molecule has 146 valence electrons. The highest BCUT2D eigenvalue weighted by atomic mass is 35.5. The van der Waals surface area contributed by atoms with E-state index in [1.165, 1.54) is 0 Å². The zero-order chi connectivity index (χ0) is 20.5. The molecule has 0 aliphatic carbocycles. The van der Waals surface area contributed by atoms with Gasteiger partial charge in [-0.05, 0) is 54.8 Å². The van der Waals surface area contributed by atoms with E-state index in [1.807, 2.05) is 50.2 Å². The molecule has 4 rings (SSSR count). The van der Waals surface area contributed by atoms with Crippen molar-refractivity contribution in [2.45, 2.75) is 20.5 Å². The molecule has 0 aliphatic rings. The Kier molecular flexibility index (Phi) is 5.35. The topological polar surface area (TPSA) is 39.4 Å². The summed E-state index contributed by atoms with van der Waals surface area (Å²) in [6.45, 7) is 4.10. The number of rotatable bonds is 4. The number of ether oxygens (including phenoxy) is 1. The molecule has 0 N–H and O–H groups in total. The molecule has 0 radical (unpaired) electrons. The molecule has 1 aromatic heterocycles. The van der Waals surface area contributed by atoms with E-state index in [0.29, 0.717) is 32.3 Å². The lowest BCUT2D eigenvalue weighted by Crippen LogP contribution is -2.11. The second-order valence-electron chi connectivity index (χ2n) is 6.88. The first-order valence-electron chi connectivity index (χ1n) is 9.15. The lowest BCUT2D eigenvalue weighted by Gasteiger charge is -2.14. The summed E-state index contributed by atoms with van der Waals surface area (Å²) in [4.78, 5) is 13.3. The Balaban J connectivity index is 1.92. The van der Waals surface area contributed by atoms with Crippen LogP contribution in [0.3, 0.4) is 0 Å². The molecule has 1 heterocycles. The molecule has 0 bridgehead atoms. The minimum absolute atomic E-state index is 0.119. The molecule has 29 heavy (non-hydrogen) atoms. The maximum absolute atomic E-state index is 13.3. The molecule has 0 spiro atoms. The van der Waals surface area contributed by atoms with Gasteiger partial charge in [0.1, 0.15) is 12.2 Å². The molecule has 3 aromatic carbocycles. The van der Waals surface area contributed by atoms with Crippen LogP contribution in [0.25, 0.3) is 22.3 Å². The highest BCUT2D eigenvalue weighted by Crippen LogP contribution is 2.36. The second-order valence-corrected chi connectivity index (χ2v) is 7.70. The Hall–Kier alpha value is -2.75. The van der Waals surface area contributed by atoms with Crippen molar-refractivity contribution in [3.05, 3.63) is 97.6 Å². The predicted molar refractivity (Wildman–Crippen MR) is 118 cm³/mol. The van der Waals surface area contributed by atoms with Gasteiger partial charge in [0.2, 0.25) is 11.2 Å². The number of aryl methyl sites for hydroxylation is 2. The van der Waals surface area contributed by atoms with Crippen molar-refractivity contribution in [2.75, 3.05) is 0 Å². The third kappa shape index (κ3) is 3.76. The Labute approximate surface area is 178 Å². The zero-order valence-corrected chi connectivity index (χ0v) is 17.5. The molecule has 0 aliphatic heterocycles. The number of hydrogen-bond acceptors (Lipinski definition) is 3. The van der Waals surface area contributed by atoms with Gasteiger partial charge in [-0.1, -0.05) is 59.6 Å². The van der Waals surface area contributed by atoms with Crippen molar-refractivity contribution in [1.29, 1.82) is 0 Å². The minimum atomic E-state index is -0.281. The first kappa shape index (κ1) is 19.6. The smallest absolute Gasteiger partial charge is 0.235 e. The fourth-order valence-electron chi connectivity index (χ4n) is 3.17. The molecule has 3 nitrogen and oxygen atoms in total. The van der Waals surface area contributed by atoms with E-state index < -0.39 is 0 Å². The first-order chi connectivity index (χ1) is 14.0. The summed E-state index contributed by atoms with van der Waals surface area (Å²) in [7, 11) is 0. The molecule has 0 unspecified atom stereocenters. The number of hydrogen-bond donors (Lipinski definition) is 0. The SMILES string of the molecule is Cc1cc2oc(-c3ccccc3Cl)c(OCc3ccccc3C)c(=O)c2cc1Cl. The molecule has 0 fully saturated rings. The fourth-order valence-corrected chi connectivity index (χ4v) is 3.56. The summed E-state index contributed by atoms with van der Waals surface area (Å²) < 4.78 is 12.1. The summed E-state index contributed by atoms with van der Waals surface area (Å²) in [6, 6.07) is 18.4. The van der Waals surface area contributed by atoms with E-state index in [2.05, 4.69) is 0 Å². The van der Waals surface area contributed by atoms with Gasteiger partial charge in [0, 0.05) is 10.6 Å². The van der Waals surface area contributed by atoms with E-state index in [9.17, 15) is 4.79 Å². The first-order valence-corrected chi connectivity index (χ1v) is 9.90. The van der Waals surface area contributed by atoms with Crippen LogP contribution in [0.2, 0.25) is 10.0 Å². The van der Waals surface area contributed by atoms with E-state index in [-0.39, 0.29) is 17.8 Å². The highest BCUT2D eigenvalue weighted by molar-refractivity contribution is 6.33. The maximum atomic E-state index is 13.3. The van der Waals surface area contributed by atoms with Crippen molar-refractivity contribution in [3.63, 3.8) is 0 Å². The molecule has 0 saturated carbocycles. The highest BCUT2D eigenvalue weighted by Gasteiger charge is 2.20. The Morgan fingerprint density at radius 2 is 1.62 bits per heavy atom. The van der Waals surface area contributed by atoms with Gasteiger partial charge in [0.25, 0.3) is 0 Å². The molecule has 0 amide bonds. The van der Waals surface area contributed by atoms with Crippen molar-refractivity contribution in [1.82, 2.24) is 0 Å². The van der Waals surface area contributed by atoms with E-state index in [1.54, 1.807) is 24.3 Å². The summed E-state index contributed by atoms with van der Waals surface area (Å²) in [5.41, 5.74) is 3.64. The minimum Gasteiger partial charge on any atom is -0.481 e. The average molecular weight is 425 g/mol. The Morgan fingerprint density at radius 3 is 2.38 bits per heavy atom. The number of benzene rings is 3. The summed E-state index contributed by atoms with van der Waals surface area (Å²) in [6.07, 6.45) is 0.